The highest BCUT2D eigenvalue weighted by atomic mass is 79.9. The van der Waals surface area contributed by atoms with E-state index in [9.17, 15) is 4.79 Å². The van der Waals surface area contributed by atoms with Crippen molar-refractivity contribution in [3.8, 4) is 0 Å². The summed E-state index contributed by atoms with van der Waals surface area (Å²) in [5, 5.41) is 4.74. The molecule has 2 aliphatic rings. The highest BCUT2D eigenvalue weighted by Gasteiger charge is 2.28. The van der Waals surface area contributed by atoms with Crippen molar-refractivity contribution in [2.75, 3.05) is 18.0 Å². The van der Waals surface area contributed by atoms with E-state index in [2.05, 4.69) is 41.9 Å². The van der Waals surface area contributed by atoms with Gasteiger partial charge >= 0.3 is 6.09 Å². The first kappa shape index (κ1) is 20.8. The van der Waals surface area contributed by atoms with Crippen LogP contribution in [0.15, 0.2) is 16.9 Å². The number of piperidine rings is 1. The Labute approximate surface area is 185 Å². The molecular weight excluding hydrogens is 456 g/mol. The van der Waals surface area contributed by atoms with Gasteiger partial charge in [-0.3, -0.25) is 0 Å². The molecule has 0 unspecified atom stereocenters. The molecule has 1 saturated carbocycles. The molecule has 0 atom stereocenters. The summed E-state index contributed by atoms with van der Waals surface area (Å²) >= 11 is 10.3. The van der Waals surface area contributed by atoms with E-state index >= 15 is 0 Å². The van der Waals surface area contributed by atoms with Crippen molar-refractivity contribution < 1.29 is 9.53 Å². The third-order valence-corrected chi connectivity index (χ3v) is 6.33. The number of hydrogen-bond acceptors (Lipinski definition) is 4. The Balaban J connectivity index is 1.49. The second kappa shape index (κ2) is 7.99. The molecule has 0 spiro atoms. The van der Waals surface area contributed by atoms with Crippen molar-refractivity contribution in [1.82, 2.24) is 14.9 Å². The lowest BCUT2D eigenvalue weighted by Gasteiger charge is -2.35. The molecule has 2 aromatic rings. The van der Waals surface area contributed by atoms with E-state index < -0.39 is 5.60 Å². The highest BCUT2D eigenvalue weighted by molar-refractivity contribution is 9.10. The van der Waals surface area contributed by atoms with Crippen LogP contribution in [0.3, 0.4) is 0 Å². The molecule has 1 aliphatic heterocycles. The van der Waals surface area contributed by atoms with Crippen LogP contribution in [-0.2, 0) is 11.3 Å². The number of amides is 1. The molecule has 0 aromatic carbocycles. The SMILES string of the molecule is CC(C)(C)OC(=O)NC1CCN(c2c(Cl)cnc3c2c(Br)cn3CC2CC2)CC1. The largest absolute Gasteiger partial charge is 0.444 e. The summed E-state index contributed by atoms with van der Waals surface area (Å²) in [5.74, 6) is 0.771. The summed E-state index contributed by atoms with van der Waals surface area (Å²) in [6.07, 6.45) is 7.85. The van der Waals surface area contributed by atoms with Crippen LogP contribution in [0, 0.1) is 5.92 Å². The van der Waals surface area contributed by atoms with Gasteiger partial charge in [0.1, 0.15) is 11.2 Å². The van der Waals surface area contributed by atoms with Gasteiger partial charge in [-0.2, -0.15) is 0 Å². The summed E-state index contributed by atoms with van der Waals surface area (Å²) in [5.41, 5.74) is 1.53. The van der Waals surface area contributed by atoms with E-state index in [1.54, 1.807) is 6.20 Å². The number of halogens is 2. The number of carbonyl (C=O) groups is 1. The summed E-state index contributed by atoms with van der Waals surface area (Å²) in [4.78, 5) is 19.0. The Kier molecular flexibility index (Phi) is 5.73. The Morgan fingerprint density at radius 3 is 2.62 bits per heavy atom. The summed E-state index contributed by atoms with van der Waals surface area (Å²) in [6, 6.07) is 0.111. The molecule has 1 amide bonds. The molecule has 29 heavy (non-hydrogen) atoms. The summed E-state index contributed by atoms with van der Waals surface area (Å²) < 4.78 is 8.66. The average Bonchev–Trinajstić information content (AvgIpc) is 3.38. The van der Waals surface area contributed by atoms with Crippen LogP contribution >= 0.6 is 27.5 Å². The standard InChI is InChI=1S/C21H28BrClN4O2/c1-21(2,3)29-20(28)25-14-6-8-26(9-7-14)18-16(23)10-24-19-17(18)15(22)12-27(19)11-13-4-5-13/h10,12-14H,4-9,11H2,1-3H3,(H,25,28). The van der Waals surface area contributed by atoms with Crippen molar-refractivity contribution >= 4 is 50.3 Å². The lowest BCUT2D eigenvalue weighted by Crippen LogP contribution is -2.46. The maximum Gasteiger partial charge on any atom is 0.407 e. The van der Waals surface area contributed by atoms with Crippen molar-refractivity contribution in [2.45, 2.75) is 64.6 Å². The van der Waals surface area contributed by atoms with Crippen LogP contribution in [0.1, 0.15) is 46.5 Å². The van der Waals surface area contributed by atoms with Gasteiger partial charge in [0.2, 0.25) is 0 Å². The number of carbonyl (C=O) groups excluding carboxylic acids is 1. The van der Waals surface area contributed by atoms with Crippen LogP contribution < -0.4 is 10.2 Å². The third-order valence-electron chi connectivity index (χ3n) is 5.45. The van der Waals surface area contributed by atoms with Crippen molar-refractivity contribution in [2.24, 2.45) is 5.92 Å². The van der Waals surface area contributed by atoms with Crippen molar-refractivity contribution in [3.05, 3.63) is 21.9 Å². The first-order chi connectivity index (χ1) is 13.7. The number of pyridine rings is 1. The molecule has 2 aromatic heterocycles. The first-order valence-electron chi connectivity index (χ1n) is 10.3. The molecule has 8 heteroatoms. The highest BCUT2D eigenvalue weighted by Crippen LogP contribution is 2.41. The van der Waals surface area contributed by atoms with Crippen LogP contribution in [0.25, 0.3) is 11.0 Å². The number of nitrogens with zero attached hydrogens (tertiary/aromatic N) is 3. The topological polar surface area (TPSA) is 59.4 Å². The smallest absolute Gasteiger partial charge is 0.407 e. The molecule has 1 saturated heterocycles. The van der Waals surface area contributed by atoms with Crippen molar-refractivity contribution in [3.63, 3.8) is 0 Å². The fourth-order valence-electron chi connectivity index (χ4n) is 3.92. The van der Waals surface area contributed by atoms with E-state index in [0.717, 1.165) is 59.6 Å². The average molecular weight is 484 g/mol. The van der Waals surface area contributed by atoms with Crippen LogP contribution in [-0.4, -0.2) is 40.4 Å². The van der Waals surface area contributed by atoms with Crippen LogP contribution in [0.2, 0.25) is 5.02 Å². The van der Waals surface area contributed by atoms with Gasteiger partial charge in [-0.15, -0.1) is 0 Å². The molecular formula is C21H28BrClN4O2. The molecule has 0 radical (unpaired) electrons. The fourth-order valence-corrected chi connectivity index (χ4v) is 4.79. The number of aromatic nitrogens is 2. The van der Waals surface area contributed by atoms with E-state index in [1.807, 2.05) is 20.8 Å². The van der Waals surface area contributed by atoms with Gasteiger partial charge in [0.15, 0.2) is 0 Å². The second-order valence-corrected chi connectivity index (χ2v) is 10.4. The van der Waals surface area contributed by atoms with Crippen LogP contribution in [0.4, 0.5) is 10.5 Å². The van der Waals surface area contributed by atoms with Gasteiger partial charge in [0.25, 0.3) is 0 Å². The van der Waals surface area contributed by atoms with Gasteiger partial charge < -0.3 is 19.5 Å². The number of rotatable bonds is 4. The molecule has 2 fully saturated rings. The van der Waals surface area contributed by atoms with Gasteiger partial charge in [-0.25, -0.2) is 9.78 Å². The minimum Gasteiger partial charge on any atom is -0.444 e. The van der Waals surface area contributed by atoms with Gasteiger partial charge in [-0.1, -0.05) is 11.6 Å². The minimum atomic E-state index is -0.485. The molecule has 6 nitrogen and oxygen atoms in total. The lowest BCUT2D eigenvalue weighted by molar-refractivity contribution is 0.0497. The first-order valence-corrected chi connectivity index (χ1v) is 11.5. The maximum absolute atomic E-state index is 12.1. The lowest BCUT2D eigenvalue weighted by atomic mass is 10.0. The molecule has 3 heterocycles. The molecule has 1 aliphatic carbocycles. The second-order valence-electron chi connectivity index (χ2n) is 9.13. The zero-order chi connectivity index (χ0) is 20.8. The predicted octanol–water partition coefficient (Wildman–Crippen LogP) is 5.36. The summed E-state index contributed by atoms with van der Waals surface area (Å²) in [6.45, 7) is 8.27. The number of nitrogens with one attached hydrogen (secondary N) is 1. The van der Waals surface area contributed by atoms with Gasteiger partial charge in [0.05, 0.1) is 22.3 Å². The number of alkyl carbamates (subject to hydrolysis) is 1. The zero-order valence-corrected chi connectivity index (χ0v) is 19.5. The maximum atomic E-state index is 12.1. The molecule has 158 valence electrons. The number of anilines is 1. The third kappa shape index (κ3) is 4.82. The fraction of sp³-hybridized carbons (Fsp3) is 0.619. The Hall–Kier alpha value is -1.47. The minimum absolute atomic E-state index is 0.111. The Bertz CT molecular complexity index is 912. The van der Waals surface area contributed by atoms with Gasteiger partial charge in [0, 0.05) is 36.3 Å². The molecule has 0 bridgehead atoms. The summed E-state index contributed by atoms with van der Waals surface area (Å²) in [7, 11) is 0. The Morgan fingerprint density at radius 2 is 2.00 bits per heavy atom. The van der Waals surface area contributed by atoms with Crippen LogP contribution in [0.5, 0.6) is 0 Å². The number of hydrogen-bond donors (Lipinski definition) is 1. The molecule has 1 N–H and O–H groups in total. The predicted molar refractivity (Wildman–Crippen MR) is 120 cm³/mol. The quantitative estimate of drug-likeness (QED) is 0.636. The monoisotopic (exact) mass is 482 g/mol. The van der Waals surface area contributed by atoms with E-state index in [0.29, 0.717) is 5.02 Å². The van der Waals surface area contributed by atoms with E-state index in [-0.39, 0.29) is 12.1 Å². The number of fused-ring (bicyclic) bond motifs is 1. The number of ether oxygens (including phenoxy) is 1. The van der Waals surface area contributed by atoms with Crippen molar-refractivity contribution in [1.29, 1.82) is 0 Å². The normalized spacial score (nSPS) is 18.3. The van der Waals surface area contributed by atoms with Gasteiger partial charge in [-0.05, 0) is 68.3 Å². The molecule has 4 rings (SSSR count). The Morgan fingerprint density at radius 1 is 1.31 bits per heavy atom. The van der Waals surface area contributed by atoms with E-state index in [4.69, 9.17) is 16.3 Å². The van der Waals surface area contributed by atoms with E-state index in [1.165, 1.54) is 12.8 Å². The zero-order valence-electron chi connectivity index (χ0n) is 17.2.